The molecule has 1 aromatic heterocycles. The third kappa shape index (κ3) is 1.62. The van der Waals surface area contributed by atoms with E-state index in [1.54, 1.807) is 19.3 Å². The van der Waals surface area contributed by atoms with Crippen LogP contribution in [0, 0.1) is 0 Å². The quantitative estimate of drug-likeness (QED) is 0.639. The molecule has 2 rings (SSSR count). The molecular weight excluding hydrogens is 168 g/mol. The number of carbonyl (C=O) groups excluding carboxylic acids is 1. The van der Waals surface area contributed by atoms with Crippen LogP contribution in [-0.4, -0.2) is 28.8 Å². The van der Waals surface area contributed by atoms with Gasteiger partial charge in [-0.2, -0.15) is 5.10 Å². The Hall–Kier alpha value is -1.16. The minimum Gasteiger partial charge on any atom is -0.379 e. The topological polar surface area (TPSA) is 44.1 Å². The fourth-order valence-electron chi connectivity index (χ4n) is 1.45. The third-order valence-electron chi connectivity index (χ3n) is 2.29. The van der Waals surface area contributed by atoms with Crippen LogP contribution in [0.2, 0.25) is 0 Å². The van der Waals surface area contributed by atoms with Crippen molar-refractivity contribution in [1.82, 2.24) is 9.78 Å². The molecule has 0 saturated carbocycles. The van der Waals surface area contributed by atoms with Crippen molar-refractivity contribution in [2.24, 2.45) is 0 Å². The number of ether oxygens (including phenoxy) is 1. The van der Waals surface area contributed by atoms with E-state index >= 15 is 0 Å². The van der Waals surface area contributed by atoms with Crippen molar-refractivity contribution in [1.29, 1.82) is 0 Å². The maximum Gasteiger partial charge on any atom is 0.162 e. The molecule has 70 valence electrons. The van der Waals surface area contributed by atoms with E-state index in [9.17, 15) is 4.79 Å². The maximum atomic E-state index is 11.0. The van der Waals surface area contributed by atoms with Crippen LogP contribution in [0.25, 0.3) is 0 Å². The van der Waals surface area contributed by atoms with Gasteiger partial charge in [0.25, 0.3) is 0 Å². The second-order valence-corrected chi connectivity index (χ2v) is 3.28. The number of Topliss-reactive ketones (excluding diaryl/α,β-unsaturated/α-hetero) is 1. The molecule has 0 amide bonds. The summed E-state index contributed by atoms with van der Waals surface area (Å²) in [4.78, 5) is 11.0. The van der Waals surface area contributed by atoms with Gasteiger partial charge in [-0.1, -0.05) is 0 Å². The summed E-state index contributed by atoms with van der Waals surface area (Å²) in [7, 11) is 0. The van der Waals surface area contributed by atoms with E-state index in [2.05, 4.69) is 5.10 Å². The molecule has 1 atom stereocenters. The zero-order chi connectivity index (χ0) is 9.26. The predicted molar refractivity (Wildman–Crippen MR) is 46.7 cm³/mol. The van der Waals surface area contributed by atoms with Crippen molar-refractivity contribution < 1.29 is 9.53 Å². The van der Waals surface area contributed by atoms with Crippen LogP contribution in [0.15, 0.2) is 12.4 Å². The molecule has 0 bridgehead atoms. The van der Waals surface area contributed by atoms with Gasteiger partial charge >= 0.3 is 0 Å². The lowest BCUT2D eigenvalue weighted by atomic mass is 10.2. The molecule has 1 aliphatic rings. The fourth-order valence-corrected chi connectivity index (χ4v) is 1.45. The van der Waals surface area contributed by atoms with E-state index in [0.29, 0.717) is 18.2 Å². The van der Waals surface area contributed by atoms with E-state index in [1.165, 1.54) is 0 Å². The van der Waals surface area contributed by atoms with Crippen LogP contribution in [0.5, 0.6) is 0 Å². The third-order valence-corrected chi connectivity index (χ3v) is 2.29. The Morgan fingerprint density at radius 1 is 1.77 bits per heavy atom. The molecule has 2 heterocycles. The lowest BCUT2D eigenvalue weighted by Gasteiger charge is -2.06. The van der Waals surface area contributed by atoms with Crippen LogP contribution in [-0.2, 0) is 4.74 Å². The molecule has 0 aliphatic carbocycles. The lowest BCUT2D eigenvalue weighted by Crippen LogP contribution is -2.08. The minimum atomic E-state index is 0.0603. The Labute approximate surface area is 76.5 Å². The van der Waals surface area contributed by atoms with Crippen LogP contribution in [0.1, 0.15) is 29.7 Å². The molecule has 1 fully saturated rings. The van der Waals surface area contributed by atoms with E-state index in [1.807, 2.05) is 4.68 Å². The lowest BCUT2D eigenvalue weighted by molar-refractivity contribution is 0.101. The van der Waals surface area contributed by atoms with Crippen molar-refractivity contribution in [3.05, 3.63) is 18.0 Å². The monoisotopic (exact) mass is 180 g/mol. The molecule has 1 aliphatic heterocycles. The SMILES string of the molecule is CC(=O)c1cnn([C@@H]2CCOC2)c1. The van der Waals surface area contributed by atoms with E-state index in [4.69, 9.17) is 4.74 Å². The summed E-state index contributed by atoms with van der Waals surface area (Å²) in [5, 5.41) is 4.14. The van der Waals surface area contributed by atoms with Gasteiger partial charge in [-0.05, 0) is 13.3 Å². The van der Waals surface area contributed by atoms with Gasteiger partial charge in [0, 0.05) is 12.8 Å². The van der Waals surface area contributed by atoms with Crippen molar-refractivity contribution in [2.75, 3.05) is 13.2 Å². The number of hydrogen-bond acceptors (Lipinski definition) is 3. The minimum absolute atomic E-state index is 0.0603. The Morgan fingerprint density at radius 2 is 2.62 bits per heavy atom. The van der Waals surface area contributed by atoms with Gasteiger partial charge in [-0.3, -0.25) is 9.48 Å². The highest BCUT2D eigenvalue weighted by Gasteiger charge is 2.18. The molecule has 0 aromatic carbocycles. The number of nitrogens with zero attached hydrogens (tertiary/aromatic N) is 2. The molecule has 13 heavy (non-hydrogen) atoms. The smallest absolute Gasteiger partial charge is 0.162 e. The van der Waals surface area contributed by atoms with Crippen molar-refractivity contribution >= 4 is 5.78 Å². The average Bonchev–Trinajstić information content (AvgIpc) is 2.75. The molecule has 1 saturated heterocycles. The van der Waals surface area contributed by atoms with Crippen molar-refractivity contribution in [3.63, 3.8) is 0 Å². The number of carbonyl (C=O) groups is 1. The Morgan fingerprint density at radius 3 is 3.15 bits per heavy atom. The van der Waals surface area contributed by atoms with Crippen LogP contribution in [0.4, 0.5) is 0 Å². The van der Waals surface area contributed by atoms with Crippen LogP contribution < -0.4 is 0 Å². The first-order valence-electron chi connectivity index (χ1n) is 4.40. The highest BCUT2D eigenvalue weighted by molar-refractivity contribution is 5.93. The zero-order valence-corrected chi connectivity index (χ0v) is 7.56. The van der Waals surface area contributed by atoms with Crippen LogP contribution >= 0.6 is 0 Å². The Balaban J connectivity index is 2.16. The molecule has 0 spiro atoms. The molecule has 0 N–H and O–H groups in total. The van der Waals surface area contributed by atoms with E-state index < -0.39 is 0 Å². The van der Waals surface area contributed by atoms with Gasteiger partial charge < -0.3 is 4.74 Å². The first-order chi connectivity index (χ1) is 6.27. The first kappa shape index (κ1) is 8.44. The highest BCUT2D eigenvalue weighted by atomic mass is 16.5. The first-order valence-corrected chi connectivity index (χ1v) is 4.40. The summed E-state index contributed by atoms with van der Waals surface area (Å²) in [6.07, 6.45) is 4.39. The standard InChI is InChI=1S/C9H12N2O2/c1-7(12)8-4-10-11(5-8)9-2-3-13-6-9/h4-5,9H,2-3,6H2,1H3/t9-/m1/s1. The highest BCUT2D eigenvalue weighted by Crippen LogP contribution is 2.18. The summed E-state index contributed by atoms with van der Waals surface area (Å²) >= 11 is 0. The van der Waals surface area contributed by atoms with Gasteiger partial charge in [-0.25, -0.2) is 0 Å². The van der Waals surface area contributed by atoms with Gasteiger partial charge in [-0.15, -0.1) is 0 Å². The van der Waals surface area contributed by atoms with Gasteiger partial charge in [0.1, 0.15) is 0 Å². The Kier molecular flexibility index (Phi) is 2.14. The van der Waals surface area contributed by atoms with Crippen LogP contribution in [0.3, 0.4) is 0 Å². The van der Waals surface area contributed by atoms with Gasteiger partial charge in [0.2, 0.25) is 0 Å². The number of rotatable bonds is 2. The molecule has 1 aromatic rings. The summed E-state index contributed by atoms with van der Waals surface area (Å²) in [6, 6.07) is 0.313. The summed E-state index contributed by atoms with van der Waals surface area (Å²) in [6.45, 7) is 3.05. The summed E-state index contributed by atoms with van der Waals surface area (Å²) < 4.78 is 7.06. The number of hydrogen-bond donors (Lipinski definition) is 0. The summed E-state index contributed by atoms with van der Waals surface area (Å²) in [5.74, 6) is 0.0603. The van der Waals surface area contributed by atoms with E-state index in [-0.39, 0.29) is 5.78 Å². The molecular formula is C9H12N2O2. The predicted octanol–water partition coefficient (Wildman–Crippen LogP) is 1.05. The largest absolute Gasteiger partial charge is 0.379 e. The Bertz CT molecular complexity index is 313. The second-order valence-electron chi connectivity index (χ2n) is 3.28. The molecule has 4 heteroatoms. The fraction of sp³-hybridized carbons (Fsp3) is 0.556. The molecule has 0 radical (unpaired) electrons. The average molecular weight is 180 g/mol. The summed E-state index contributed by atoms with van der Waals surface area (Å²) in [5.41, 5.74) is 0.673. The number of ketones is 1. The number of aromatic nitrogens is 2. The van der Waals surface area contributed by atoms with Crippen molar-refractivity contribution in [2.45, 2.75) is 19.4 Å². The normalized spacial score (nSPS) is 22.1. The van der Waals surface area contributed by atoms with Crippen molar-refractivity contribution in [3.8, 4) is 0 Å². The van der Waals surface area contributed by atoms with Gasteiger partial charge in [0.15, 0.2) is 5.78 Å². The maximum absolute atomic E-state index is 11.0. The van der Waals surface area contributed by atoms with Gasteiger partial charge in [0.05, 0.1) is 24.4 Å². The molecule has 4 nitrogen and oxygen atoms in total. The zero-order valence-electron chi connectivity index (χ0n) is 7.56. The second kappa shape index (κ2) is 3.30. The van der Waals surface area contributed by atoms with E-state index in [0.717, 1.165) is 13.0 Å². The molecule has 0 unspecified atom stereocenters.